The van der Waals surface area contributed by atoms with Crippen molar-refractivity contribution in [1.82, 2.24) is 4.98 Å². The maximum absolute atomic E-state index is 11.3. The zero-order chi connectivity index (χ0) is 9.14. The second-order valence-electron chi connectivity index (χ2n) is 2.41. The summed E-state index contributed by atoms with van der Waals surface area (Å²) in [5.41, 5.74) is 0.716. The lowest BCUT2D eigenvalue weighted by Gasteiger charge is -2.02. The van der Waals surface area contributed by atoms with Gasteiger partial charge in [-0.1, -0.05) is 6.92 Å². The molecule has 0 aliphatic carbocycles. The standard InChI is InChI=1S/C8H11NO2S/c1-3-12(11)8-4-7(10)5-9-6(8)2/h4-5,10H,3H2,1-2H3. The van der Waals surface area contributed by atoms with Gasteiger partial charge < -0.3 is 5.11 Å². The molecule has 1 aromatic heterocycles. The highest BCUT2D eigenvalue weighted by atomic mass is 32.2. The van der Waals surface area contributed by atoms with Gasteiger partial charge in [-0.2, -0.15) is 0 Å². The van der Waals surface area contributed by atoms with E-state index in [0.29, 0.717) is 16.3 Å². The Kier molecular flexibility index (Phi) is 2.81. The number of hydrogen-bond acceptors (Lipinski definition) is 3. The molecule has 0 saturated carbocycles. The van der Waals surface area contributed by atoms with E-state index in [0.717, 1.165) is 0 Å². The minimum absolute atomic E-state index is 0.0670. The van der Waals surface area contributed by atoms with Crippen LogP contribution in [-0.2, 0) is 10.8 Å². The highest BCUT2D eigenvalue weighted by Gasteiger charge is 2.06. The Morgan fingerprint density at radius 1 is 1.67 bits per heavy atom. The molecule has 1 aromatic rings. The van der Waals surface area contributed by atoms with E-state index in [1.165, 1.54) is 12.3 Å². The quantitative estimate of drug-likeness (QED) is 0.753. The summed E-state index contributed by atoms with van der Waals surface area (Å²) in [5, 5.41) is 9.08. The Morgan fingerprint density at radius 2 is 2.33 bits per heavy atom. The molecule has 3 nitrogen and oxygen atoms in total. The highest BCUT2D eigenvalue weighted by molar-refractivity contribution is 7.85. The minimum atomic E-state index is -1.03. The molecule has 0 bridgehead atoms. The molecule has 1 rings (SSSR count). The summed E-state index contributed by atoms with van der Waals surface area (Å²) in [4.78, 5) is 4.53. The molecule has 0 amide bonds. The number of nitrogens with zero attached hydrogens (tertiary/aromatic N) is 1. The van der Waals surface area contributed by atoms with Gasteiger partial charge in [-0.3, -0.25) is 9.19 Å². The average Bonchev–Trinajstić information content (AvgIpc) is 2.08. The van der Waals surface area contributed by atoms with Crippen LogP contribution in [0.2, 0.25) is 0 Å². The molecule has 0 fully saturated rings. The van der Waals surface area contributed by atoms with Crippen LogP contribution in [0.5, 0.6) is 5.75 Å². The summed E-state index contributed by atoms with van der Waals surface area (Å²) >= 11 is 0. The molecule has 0 aliphatic rings. The third-order valence-electron chi connectivity index (χ3n) is 1.53. The van der Waals surface area contributed by atoms with E-state index in [-0.39, 0.29) is 5.75 Å². The van der Waals surface area contributed by atoms with Crippen LogP contribution in [0.3, 0.4) is 0 Å². The van der Waals surface area contributed by atoms with E-state index in [2.05, 4.69) is 4.98 Å². The van der Waals surface area contributed by atoms with Crippen LogP contribution in [0.1, 0.15) is 12.6 Å². The monoisotopic (exact) mass is 185 g/mol. The van der Waals surface area contributed by atoms with Crippen LogP contribution in [0.4, 0.5) is 0 Å². The molecule has 1 atom stereocenters. The Balaban J connectivity index is 3.13. The summed E-state index contributed by atoms with van der Waals surface area (Å²) < 4.78 is 11.3. The van der Waals surface area contributed by atoms with Crippen LogP contribution in [0, 0.1) is 6.92 Å². The van der Waals surface area contributed by atoms with E-state index in [4.69, 9.17) is 5.11 Å². The third kappa shape index (κ3) is 1.82. The maximum Gasteiger partial charge on any atom is 0.135 e. The first-order valence-corrected chi connectivity index (χ1v) is 5.01. The van der Waals surface area contributed by atoms with Crippen LogP contribution >= 0.6 is 0 Å². The van der Waals surface area contributed by atoms with Gasteiger partial charge in [-0.25, -0.2) is 0 Å². The molecule has 4 heteroatoms. The normalized spacial score (nSPS) is 12.8. The molecule has 0 saturated heterocycles. The molecule has 0 spiro atoms. The van der Waals surface area contributed by atoms with E-state index >= 15 is 0 Å². The molecule has 12 heavy (non-hydrogen) atoms. The first-order valence-electron chi connectivity index (χ1n) is 3.69. The molecular weight excluding hydrogens is 174 g/mol. The SMILES string of the molecule is CCS(=O)c1cc(O)cnc1C. The lowest BCUT2D eigenvalue weighted by molar-refractivity contribution is 0.470. The fourth-order valence-electron chi connectivity index (χ4n) is 0.889. The fourth-order valence-corrected chi connectivity index (χ4v) is 1.83. The van der Waals surface area contributed by atoms with Crippen LogP contribution < -0.4 is 0 Å². The van der Waals surface area contributed by atoms with Crippen molar-refractivity contribution in [1.29, 1.82) is 0 Å². The van der Waals surface area contributed by atoms with Gasteiger partial charge in [-0.05, 0) is 13.0 Å². The lowest BCUT2D eigenvalue weighted by Crippen LogP contribution is -1.98. The molecule has 0 radical (unpaired) electrons. The molecule has 66 valence electrons. The van der Waals surface area contributed by atoms with Gasteiger partial charge >= 0.3 is 0 Å². The van der Waals surface area contributed by atoms with E-state index in [9.17, 15) is 4.21 Å². The first-order chi connectivity index (χ1) is 5.65. The number of pyridine rings is 1. The number of hydrogen-bond donors (Lipinski definition) is 1. The van der Waals surface area contributed by atoms with Crippen molar-refractivity contribution in [3.8, 4) is 5.75 Å². The van der Waals surface area contributed by atoms with Gasteiger partial charge in [0.2, 0.25) is 0 Å². The van der Waals surface area contributed by atoms with Crippen LogP contribution in [0.15, 0.2) is 17.2 Å². The lowest BCUT2D eigenvalue weighted by atomic mass is 10.4. The van der Waals surface area contributed by atoms with Crippen LogP contribution in [0.25, 0.3) is 0 Å². The predicted octanol–water partition coefficient (Wildman–Crippen LogP) is 1.22. The highest BCUT2D eigenvalue weighted by Crippen LogP contribution is 2.16. The smallest absolute Gasteiger partial charge is 0.135 e. The average molecular weight is 185 g/mol. The fraction of sp³-hybridized carbons (Fsp3) is 0.375. The second kappa shape index (κ2) is 3.67. The number of aromatic nitrogens is 1. The number of aromatic hydroxyl groups is 1. The van der Waals surface area contributed by atoms with E-state index < -0.39 is 10.8 Å². The number of aryl methyl sites for hydroxylation is 1. The first kappa shape index (κ1) is 9.19. The van der Waals surface area contributed by atoms with Gasteiger partial charge in [-0.15, -0.1) is 0 Å². The van der Waals surface area contributed by atoms with Crippen LogP contribution in [-0.4, -0.2) is 20.1 Å². The van der Waals surface area contributed by atoms with Gasteiger partial charge in [0, 0.05) is 5.75 Å². The molecule has 1 N–H and O–H groups in total. The maximum atomic E-state index is 11.3. The second-order valence-corrected chi connectivity index (χ2v) is 4.12. The van der Waals surface area contributed by atoms with Crippen molar-refractivity contribution in [2.75, 3.05) is 5.75 Å². The van der Waals surface area contributed by atoms with E-state index in [1.807, 2.05) is 6.92 Å². The van der Waals surface area contributed by atoms with Gasteiger partial charge in [0.05, 0.1) is 27.6 Å². The van der Waals surface area contributed by atoms with Crippen molar-refractivity contribution >= 4 is 10.8 Å². The predicted molar refractivity (Wildman–Crippen MR) is 47.6 cm³/mol. The van der Waals surface area contributed by atoms with Crippen molar-refractivity contribution in [2.45, 2.75) is 18.7 Å². The largest absolute Gasteiger partial charge is 0.506 e. The Labute approximate surface area is 73.9 Å². The molecule has 1 unspecified atom stereocenters. The Morgan fingerprint density at radius 3 is 2.92 bits per heavy atom. The summed E-state index contributed by atoms with van der Waals surface area (Å²) in [6.07, 6.45) is 1.35. The molecule has 0 aliphatic heterocycles. The Bertz CT molecular complexity index is 312. The van der Waals surface area contributed by atoms with Crippen molar-refractivity contribution < 1.29 is 9.32 Å². The molecule has 0 aromatic carbocycles. The summed E-state index contributed by atoms with van der Waals surface area (Å²) in [5.74, 6) is 0.615. The zero-order valence-corrected chi connectivity index (χ0v) is 7.89. The summed E-state index contributed by atoms with van der Waals surface area (Å²) in [6.45, 7) is 3.61. The molecular formula is C8H11NO2S. The molecule has 1 heterocycles. The van der Waals surface area contributed by atoms with Crippen molar-refractivity contribution in [3.05, 3.63) is 18.0 Å². The minimum Gasteiger partial charge on any atom is -0.506 e. The number of rotatable bonds is 2. The third-order valence-corrected chi connectivity index (χ3v) is 2.96. The summed E-state index contributed by atoms with van der Waals surface area (Å²) in [7, 11) is -1.03. The van der Waals surface area contributed by atoms with Crippen molar-refractivity contribution in [2.24, 2.45) is 0 Å². The topological polar surface area (TPSA) is 50.2 Å². The Hall–Kier alpha value is -0.900. The van der Waals surface area contributed by atoms with Gasteiger partial charge in [0.15, 0.2) is 0 Å². The van der Waals surface area contributed by atoms with Crippen molar-refractivity contribution in [3.63, 3.8) is 0 Å². The zero-order valence-electron chi connectivity index (χ0n) is 7.07. The van der Waals surface area contributed by atoms with Gasteiger partial charge in [0.1, 0.15) is 5.75 Å². The van der Waals surface area contributed by atoms with E-state index in [1.54, 1.807) is 6.92 Å². The van der Waals surface area contributed by atoms with Gasteiger partial charge in [0.25, 0.3) is 0 Å². The summed E-state index contributed by atoms with van der Waals surface area (Å²) in [6, 6.07) is 1.50.